The average Bonchev–Trinajstić information content (AvgIpc) is 2.83. The van der Waals surface area contributed by atoms with E-state index in [2.05, 4.69) is 0 Å². The number of rotatable bonds is 5. The lowest BCUT2D eigenvalue weighted by Crippen LogP contribution is -2.12. The van der Waals surface area contributed by atoms with E-state index < -0.39 is 69.7 Å². The van der Waals surface area contributed by atoms with Crippen molar-refractivity contribution in [1.82, 2.24) is 4.90 Å². The van der Waals surface area contributed by atoms with Crippen LogP contribution in [0.15, 0.2) is 48.5 Å². The lowest BCUT2D eigenvalue weighted by atomic mass is 9.92. The van der Waals surface area contributed by atoms with Crippen LogP contribution in [0.5, 0.6) is 5.75 Å². The molecule has 0 spiro atoms. The topological polar surface area (TPSA) is 49.8 Å². The van der Waals surface area contributed by atoms with E-state index in [9.17, 15) is 9.90 Å². The normalized spacial score (nSPS) is 25.8. The Bertz CT molecular complexity index is 1280. The Morgan fingerprint density at radius 1 is 1.44 bits per heavy atom. The quantitative estimate of drug-likeness (QED) is 0.895. The number of benzene rings is 2. The van der Waals surface area contributed by atoms with Gasteiger partial charge in [0.1, 0.15) is 12.3 Å². The van der Waals surface area contributed by atoms with Gasteiger partial charge in [0.15, 0.2) is 0 Å². The maximum absolute atomic E-state index is 11.4. The van der Waals surface area contributed by atoms with Crippen molar-refractivity contribution >= 4 is 11.5 Å². The van der Waals surface area contributed by atoms with Gasteiger partial charge in [0.05, 0.1) is 13.3 Å². The summed E-state index contributed by atoms with van der Waals surface area (Å²) < 4.78 is 110. The average molecular weight is 350 g/mol. The number of aliphatic carboxylic acids is 1. The van der Waals surface area contributed by atoms with Crippen molar-refractivity contribution in [3.05, 3.63) is 70.7 Å². The maximum Gasteiger partial charge on any atom is 0.307 e. The fourth-order valence-corrected chi connectivity index (χ4v) is 2.44. The Morgan fingerprint density at radius 3 is 3.08 bits per heavy atom. The van der Waals surface area contributed by atoms with E-state index in [1.807, 2.05) is 0 Å². The molecule has 4 heteroatoms. The van der Waals surface area contributed by atoms with Crippen molar-refractivity contribution in [1.29, 1.82) is 0 Å². The smallest absolute Gasteiger partial charge is 0.307 e. The van der Waals surface area contributed by atoms with E-state index in [1.165, 1.54) is 24.3 Å². The van der Waals surface area contributed by atoms with Crippen LogP contribution in [0.1, 0.15) is 46.5 Å². The van der Waals surface area contributed by atoms with Crippen molar-refractivity contribution in [3.63, 3.8) is 0 Å². The van der Waals surface area contributed by atoms with E-state index in [1.54, 1.807) is 0 Å². The zero-order valence-electron chi connectivity index (χ0n) is 26.0. The minimum Gasteiger partial charge on any atom is -0.488 e. The third-order valence-electron chi connectivity index (χ3n) is 3.46. The molecular weight excluding hydrogens is 314 g/mol. The summed E-state index contributed by atoms with van der Waals surface area (Å²) in [5, 5.41) is 9.30. The number of hydrogen-bond donors (Lipinski definition) is 1. The Labute approximate surface area is 166 Å². The third kappa shape index (κ3) is 4.09. The summed E-state index contributed by atoms with van der Waals surface area (Å²) in [4.78, 5) is 11.2. The summed E-state index contributed by atoms with van der Waals surface area (Å²) in [5.74, 6) is -1.96. The van der Waals surface area contributed by atoms with Gasteiger partial charge in [0.2, 0.25) is 0 Å². The Hall–Kier alpha value is -2.59. The van der Waals surface area contributed by atoms with Crippen LogP contribution >= 0.6 is 0 Å². The highest BCUT2D eigenvalue weighted by Gasteiger charge is 2.19. The summed E-state index contributed by atoms with van der Waals surface area (Å²) in [6.45, 7) is -12.3. The van der Waals surface area contributed by atoms with Gasteiger partial charge in [-0.05, 0) is 54.7 Å². The van der Waals surface area contributed by atoms with Crippen molar-refractivity contribution in [2.24, 2.45) is 0 Å². The third-order valence-corrected chi connectivity index (χ3v) is 3.46. The molecule has 25 heavy (non-hydrogen) atoms. The zero-order valence-corrected chi connectivity index (χ0v) is 13.0. The monoisotopic (exact) mass is 350 g/mol. The minimum absolute atomic E-state index is 0.0632. The second kappa shape index (κ2) is 7.53. The highest BCUT2D eigenvalue weighted by molar-refractivity contribution is 5.85. The summed E-state index contributed by atoms with van der Waals surface area (Å²) >= 11 is 0. The molecule has 0 unspecified atom stereocenters. The van der Waals surface area contributed by atoms with Crippen LogP contribution in [-0.2, 0) is 17.8 Å². The molecule has 0 saturated heterocycles. The number of ether oxygens (including phenoxy) is 1. The van der Waals surface area contributed by atoms with Crippen LogP contribution in [0.25, 0.3) is 5.57 Å². The molecule has 1 N–H and O–H groups in total. The molecule has 2 aromatic rings. The lowest BCUT2D eigenvalue weighted by Gasteiger charge is -2.13. The fraction of sp³-hybridized carbons (Fsp3) is 0.286. The van der Waals surface area contributed by atoms with E-state index in [0.29, 0.717) is 0 Å². The van der Waals surface area contributed by atoms with Crippen LogP contribution in [0.2, 0.25) is 0 Å². The number of hydrogen-bond acceptors (Lipinski definition) is 3. The molecule has 1 heterocycles. The van der Waals surface area contributed by atoms with Gasteiger partial charge in [-0.25, -0.2) is 0 Å². The van der Waals surface area contributed by atoms with Crippen molar-refractivity contribution in [2.45, 2.75) is 19.4 Å². The molecule has 0 radical (unpaired) electrons. The maximum atomic E-state index is 11.4. The van der Waals surface area contributed by atoms with Crippen LogP contribution in [0.4, 0.5) is 0 Å². The second-order valence-electron chi connectivity index (χ2n) is 5.19. The first-order valence-corrected chi connectivity index (χ1v) is 7.34. The van der Waals surface area contributed by atoms with E-state index in [0.717, 1.165) is 6.08 Å². The Kier molecular flexibility index (Phi) is 2.21. The summed E-state index contributed by atoms with van der Waals surface area (Å²) in [6.07, 6.45) is -0.622. The van der Waals surface area contributed by atoms with Gasteiger partial charge in [0, 0.05) is 23.0 Å². The van der Waals surface area contributed by atoms with Crippen molar-refractivity contribution < 1.29 is 32.5 Å². The molecule has 0 fully saturated rings. The highest BCUT2D eigenvalue weighted by Crippen LogP contribution is 2.37. The Morgan fingerprint density at radius 2 is 2.28 bits per heavy atom. The number of carboxylic acid groups (broad SMARTS) is 1. The first kappa shape index (κ1) is 7.34. The number of carboxylic acids is 1. The molecule has 0 aliphatic carbocycles. The predicted molar refractivity (Wildman–Crippen MR) is 98.8 cm³/mol. The molecule has 0 atom stereocenters. The van der Waals surface area contributed by atoms with Crippen LogP contribution in [0.3, 0.4) is 0 Å². The zero-order chi connectivity index (χ0) is 29.0. The summed E-state index contributed by atoms with van der Waals surface area (Å²) in [5.41, 5.74) is -0.821. The molecule has 2 aromatic carbocycles. The molecule has 3 rings (SSSR count). The molecule has 1 aliphatic rings. The lowest BCUT2D eigenvalue weighted by molar-refractivity contribution is -0.136. The van der Waals surface area contributed by atoms with Gasteiger partial charge < -0.3 is 14.7 Å². The van der Waals surface area contributed by atoms with Gasteiger partial charge in [0.25, 0.3) is 0 Å². The standard InChI is InChI=1S/C21H23NO3/c1-22(2)11-5-8-18-17-7-4-3-6-16(17)14-25-20-10-9-15(12-19(18)20)13-21(23)24/h3-4,6-10,12H,5,11,13-14H2,1-2H3,(H,23,24)/b18-8+/i1D3,2D3,9D,10D,11D2,12D,14D2. The molecule has 0 saturated carbocycles. The van der Waals surface area contributed by atoms with Gasteiger partial charge >= 0.3 is 5.97 Å². The van der Waals surface area contributed by atoms with Crippen molar-refractivity contribution in [3.8, 4) is 5.75 Å². The number of fused-ring (bicyclic) bond motifs is 2. The first-order valence-electron chi connectivity index (χ1n) is 13.8. The van der Waals surface area contributed by atoms with E-state index in [-0.39, 0.29) is 32.7 Å². The van der Waals surface area contributed by atoms with Crippen LogP contribution < -0.4 is 4.74 Å². The SMILES string of the molecule is [2H]c1c([2H])c2c(c([2H])c1CC(=O)O)/C(=C/CC([2H])([2H])N(C([2H])([2H])[2H])C([2H])([2H])[2H])c1ccccc1C([2H])([2H])O2. The summed E-state index contributed by atoms with van der Waals surface area (Å²) in [6, 6.07) is 3.79. The molecular formula is C21H23NO3. The van der Waals surface area contributed by atoms with Gasteiger partial charge in [-0.1, -0.05) is 36.4 Å². The molecule has 4 nitrogen and oxygen atoms in total. The number of nitrogens with zero attached hydrogens (tertiary/aromatic N) is 1. The largest absolute Gasteiger partial charge is 0.488 e. The summed E-state index contributed by atoms with van der Waals surface area (Å²) in [7, 11) is 0. The molecule has 1 aliphatic heterocycles. The van der Waals surface area contributed by atoms with Crippen LogP contribution in [-0.4, -0.2) is 36.4 Å². The van der Waals surface area contributed by atoms with Crippen molar-refractivity contribution in [2.75, 3.05) is 20.4 Å². The molecule has 0 aromatic heterocycles. The Balaban J connectivity index is 2.38. The van der Waals surface area contributed by atoms with Crippen LogP contribution in [0, 0.1) is 0 Å². The molecule has 0 bridgehead atoms. The predicted octanol–water partition coefficient (Wildman–Crippen LogP) is 3.59. The number of carbonyl (C=O) groups is 1. The molecule has 130 valence electrons. The molecule has 0 amide bonds. The van der Waals surface area contributed by atoms with Gasteiger partial charge in [-0.3, -0.25) is 4.79 Å². The first-order chi connectivity index (χ1) is 17.2. The minimum atomic E-state index is -3.36. The van der Waals surface area contributed by atoms with Gasteiger partial charge in [-0.15, -0.1) is 0 Å². The van der Waals surface area contributed by atoms with E-state index >= 15 is 0 Å². The van der Waals surface area contributed by atoms with E-state index in [4.69, 9.17) is 22.6 Å². The highest BCUT2D eigenvalue weighted by atomic mass is 16.5. The fourth-order valence-electron chi connectivity index (χ4n) is 2.44. The van der Waals surface area contributed by atoms with Gasteiger partial charge in [-0.2, -0.15) is 0 Å². The second-order valence-corrected chi connectivity index (χ2v) is 5.19.